The number of hydrogen-bond donors (Lipinski definition) is 1. The second-order valence-corrected chi connectivity index (χ2v) is 6.34. The molecular weight excluding hydrogens is 322 g/mol. The number of benzene rings is 2. The number of nitrogens with zero attached hydrogens (tertiary/aromatic N) is 1. The lowest BCUT2D eigenvalue weighted by Crippen LogP contribution is -2.06. The summed E-state index contributed by atoms with van der Waals surface area (Å²) < 4.78 is 2.15. The number of fused-ring (bicyclic) bond motifs is 1. The first kappa shape index (κ1) is 16.7. The van der Waals surface area contributed by atoms with Gasteiger partial charge in [0.05, 0.1) is 5.56 Å². The highest BCUT2D eigenvalue weighted by atomic mass is 35.5. The Balaban J connectivity index is 2.14. The van der Waals surface area contributed by atoms with Crippen molar-refractivity contribution < 1.29 is 9.90 Å². The van der Waals surface area contributed by atoms with Crippen LogP contribution in [0.4, 0.5) is 0 Å². The quantitative estimate of drug-likeness (QED) is 0.525. The Bertz CT molecular complexity index is 868. The van der Waals surface area contributed by atoms with E-state index in [9.17, 15) is 4.79 Å². The maximum atomic E-state index is 13.0. The maximum absolute atomic E-state index is 13.0. The number of aliphatic hydroxyl groups excluding tert-OH is 1. The summed E-state index contributed by atoms with van der Waals surface area (Å²) in [6, 6.07) is 15.0. The van der Waals surface area contributed by atoms with Crippen molar-refractivity contribution >= 4 is 28.3 Å². The number of carbonyl (C=O) groups is 1. The lowest BCUT2D eigenvalue weighted by molar-refractivity contribution is 0.103. The van der Waals surface area contributed by atoms with Gasteiger partial charge >= 0.3 is 0 Å². The Morgan fingerprint density at radius 3 is 2.58 bits per heavy atom. The molecule has 0 saturated heterocycles. The first-order valence-corrected chi connectivity index (χ1v) is 8.50. The Hall–Kier alpha value is -2.10. The van der Waals surface area contributed by atoms with E-state index >= 15 is 0 Å². The van der Waals surface area contributed by atoms with Crippen LogP contribution < -0.4 is 0 Å². The number of carbonyl (C=O) groups excluding carboxylic acids is 1. The monoisotopic (exact) mass is 341 g/mol. The average molecular weight is 342 g/mol. The Labute approximate surface area is 146 Å². The summed E-state index contributed by atoms with van der Waals surface area (Å²) in [5.41, 5.74) is 3.34. The number of aromatic nitrogens is 1. The molecule has 3 rings (SSSR count). The van der Waals surface area contributed by atoms with Gasteiger partial charge in [-0.15, -0.1) is 0 Å². The van der Waals surface area contributed by atoms with Gasteiger partial charge in [-0.3, -0.25) is 4.79 Å². The number of aliphatic hydroxyl groups is 1. The molecule has 1 aromatic heterocycles. The molecule has 0 radical (unpaired) electrons. The minimum absolute atomic E-state index is 0.0151. The lowest BCUT2D eigenvalue weighted by atomic mass is 10.0. The van der Waals surface area contributed by atoms with Crippen LogP contribution in [0.3, 0.4) is 0 Å². The summed E-state index contributed by atoms with van der Waals surface area (Å²) in [6.45, 7) is 2.93. The molecule has 0 aliphatic rings. The predicted molar refractivity (Wildman–Crippen MR) is 97.9 cm³/mol. The third-order valence-electron chi connectivity index (χ3n) is 4.34. The van der Waals surface area contributed by atoms with E-state index in [2.05, 4.69) is 4.57 Å². The van der Waals surface area contributed by atoms with E-state index in [1.165, 1.54) is 0 Å². The van der Waals surface area contributed by atoms with Gasteiger partial charge in [-0.1, -0.05) is 41.9 Å². The molecule has 3 aromatic rings. The second-order valence-electron chi connectivity index (χ2n) is 5.90. The Morgan fingerprint density at radius 2 is 1.88 bits per heavy atom. The van der Waals surface area contributed by atoms with Crippen LogP contribution in [-0.4, -0.2) is 22.1 Å². The van der Waals surface area contributed by atoms with Crippen LogP contribution in [0.2, 0.25) is 5.02 Å². The van der Waals surface area contributed by atoms with E-state index in [-0.39, 0.29) is 12.4 Å². The van der Waals surface area contributed by atoms with Crippen molar-refractivity contribution in [2.45, 2.75) is 26.3 Å². The molecule has 4 heteroatoms. The second kappa shape index (κ2) is 7.20. The smallest absolute Gasteiger partial charge is 0.195 e. The summed E-state index contributed by atoms with van der Waals surface area (Å²) in [5, 5.41) is 10.5. The number of unbranched alkanes of at least 4 members (excludes halogenated alkanes) is 1. The molecule has 2 aromatic carbocycles. The number of ketones is 1. The van der Waals surface area contributed by atoms with Crippen LogP contribution in [0.1, 0.15) is 34.5 Å². The van der Waals surface area contributed by atoms with Crippen molar-refractivity contribution in [2.24, 2.45) is 0 Å². The predicted octanol–water partition coefficient (Wildman–Crippen LogP) is 4.61. The minimum Gasteiger partial charge on any atom is -0.396 e. The number of halogens is 1. The first-order valence-electron chi connectivity index (χ1n) is 8.12. The number of rotatable bonds is 6. The van der Waals surface area contributed by atoms with Crippen molar-refractivity contribution in [1.82, 2.24) is 4.57 Å². The molecule has 0 aliphatic carbocycles. The van der Waals surface area contributed by atoms with Crippen LogP contribution in [0.5, 0.6) is 0 Å². The molecule has 0 saturated carbocycles. The molecule has 124 valence electrons. The van der Waals surface area contributed by atoms with Gasteiger partial charge in [0.2, 0.25) is 0 Å². The van der Waals surface area contributed by atoms with Gasteiger partial charge in [0, 0.05) is 40.3 Å². The van der Waals surface area contributed by atoms with Crippen molar-refractivity contribution in [2.75, 3.05) is 6.61 Å². The Morgan fingerprint density at radius 1 is 1.12 bits per heavy atom. The average Bonchev–Trinajstić information content (AvgIpc) is 2.86. The normalized spacial score (nSPS) is 11.1. The van der Waals surface area contributed by atoms with E-state index in [1.807, 2.05) is 55.5 Å². The molecule has 0 unspecified atom stereocenters. The molecule has 0 atom stereocenters. The fourth-order valence-corrected chi connectivity index (χ4v) is 3.32. The van der Waals surface area contributed by atoms with E-state index in [0.717, 1.165) is 36.0 Å². The zero-order chi connectivity index (χ0) is 17.1. The molecule has 0 bridgehead atoms. The fourth-order valence-electron chi connectivity index (χ4n) is 3.14. The van der Waals surface area contributed by atoms with Crippen LogP contribution in [0.25, 0.3) is 10.9 Å². The highest BCUT2D eigenvalue weighted by Crippen LogP contribution is 2.30. The largest absolute Gasteiger partial charge is 0.396 e. The van der Waals surface area contributed by atoms with Gasteiger partial charge in [0.15, 0.2) is 5.78 Å². The summed E-state index contributed by atoms with van der Waals surface area (Å²) >= 11 is 6.18. The van der Waals surface area contributed by atoms with E-state index in [0.29, 0.717) is 16.1 Å². The third-order valence-corrected chi connectivity index (χ3v) is 4.57. The fraction of sp³-hybridized carbons (Fsp3) is 0.250. The van der Waals surface area contributed by atoms with E-state index in [4.69, 9.17) is 16.7 Å². The van der Waals surface area contributed by atoms with Crippen molar-refractivity contribution in [3.8, 4) is 0 Å². The standard InChI is InChI=1S/C20H20ClNO2/c1-14-19(20(24)15-7-3-2-4-8-15)17-13-16(21)9-10-18(17)22(14)11-5-6-12-23/h2-4,7-10,13,23H,5-6,11-12H2,1H3. The van der Waals surface area contributed by atoms with Crippen molar-refractivity contribution in [3.05, 3.63) is 70.4 Å². The van der Waals surface area contributed by atoms with Crippen molar-refractivity contribution in [3.63, 3.8) is 0 Å². The molecule has 0 spiro atoms. The summed E-state index contributed by atoms with van der Waals surface area (Å²) in [5.74, 6) is 0.0151. The lowest BCUT2D eigenvalue weighted by Gasteiger charge is -2.08. The third kappa shape index (κ3) is 3.10. The molecule has 1 N–H and O–H groups in total. The topological polar surface area (TPSA) is 42.2 Å². The molecule has 1 heterocycles. The van der Waals surface area contributed by atoms with Gasteiger partial charge in [0.25, 0.3) is 0 Å². The molecule has 0 fully saturated rings. The zero-order valence-corrected chi connectivity index (χ0v) is 14.4. The molecule has 3 nitrogen and oxygen atoms in total. The maximum Gasteiger partial charge on any atom is 0.195 e. The summed E-state index contributed by atoms with van der Waals surface area (Å²) in [7, 11) is 0. The van der Waals surface area contributed by atoms with Gasteiger partial charge in [0.1, 0.15) is 0 Å². The Kier molecular flexibility index (Phi) is 5.03. The minimum atomic E-state index is 0.0151. The van der Waals surface area contributed by atoms with Crippen LogP contribution in [-0.2, 0) is 6.54 Å². The summed E-state index contributed by atoms with van der Waals surface area (Å²) in [6.07, 6.45) is 1.61. The first-order chi connectivity index (χ1) is 11.6. The van der Waals surface area contributed by atoms with Crippen LogP contribution >= 0.6 is 11.6 Å². The van der Waals surface area contributed by atoms with Gasteiger partial charge < -0.3 is 9.67 Å². The van der Waals surface area contributed by atoms with E-state index < -0.39 is 0 Å². The highest BCUT2D eigenvalue weighted by molar-refractivity contribution is 6.31. The number of hydrogen-bond acceptors (Lipinski definition) is 2. The van der Waals surface area contributed by atoms with E-state index in [1.54, 1.807) is 0 Å². The molecular formula is C20H20ClNO2. The highest BCUT2D eigenvalue weighted by Gasteiger charge is 2.21. The van der Waals surface area contributed by atoms with Gasteiger partial charge in [-0.25, -0.2) is 0 Å². The molecule has 0 amide bonds. The molecule has 24 heavy (non-hydrogen) atoms. The van der Waals surface area contributed by atoms with Crippen LogP contribution in [0, 0.1) is 6.92 Å². The number of aryl methyl sites for hydroxylation is 1. The van der Waals surface area contributed by atoms with Crippen molar-refractivity contribution in [1.29, 1.82) is 0 Å². The van der Waals surface area contributed by atoms with Gasteiger partial charge in [-0.05, 0) is 38.0 Å². The zero-order valence-electron chi connectivity index (χ0n) is 13.6. The van der Waals surface area contributed by atoms with Crippen LogP contribution in [0.15, 0.2) is 48.5 Å². The summed E-state index contributed by atoms with van der Waals surface area (Å²) in [4.78, 5) is 13.0. The molecule has 0 aliphatic heterocycles. The SMILES string of the molecule is Cc1c(C(=O)c2ccccc2)c2cc(Cl)ccc2n1CCCCO. The van der Waals surface area contributed by atoms with Gasteiger partial charge in [-0.2, -0.15) is 0 Å².